The van der Waals surface area contributed by atoms with Gasteiger partial charge in [-0.3, -0.25) is 14.3 Å². The summed E-state index contributed by atoms with van der Waals surface area (Å²) >= 11 is 1.40. The molecule has 32 heavy (non-hydrogen) atoms. The zero-order valence-electron chi connectivity index (χ0n) is 18.8. The van der Waals surface area contributed by atoms with Crippen molar-refractivity contribution in [2.45, 2.75) is 63.6 Å². The first-order valence-electron chi connectivity index (χ1n) is 11.7. The van der Waals surface area contributed by atoms with Crippen molar-refractivity contribution in [1.29, 1.82) is 0 Å². The molecule has 0 saturated carbocycles. The van der Waals surface area contributed by atoms with Gasteiger partial charge in [0.25, 0.3) is 0 Å². The molecule has 1 saturated heterocycles. The van der Waals surface area contributed by atoms with Gasteiger partial charge in [0, 0.05) is 17.9 Å². The summed E-state index contributed by atoms with van der Waals surface area (Å²) in [7, 11) is 0. The van der Waals surface area contributed by atoms with Crippen LogP contribution in [0.5, 0.6) is 0 Å². The van der Waals surface area contributed by atoms with Crippen LogP contribution in [-0.4, -0.2) is 55.9 Å². The lowest BCUT2D eigenvalue weighted by molar-refractivity contribution is -0.126. The summed E-state index contributed by atoms with van der Waals surface area (Å²) in [6, 6.07) is 6.40. The smallest absolute Gasteiger partial charge is 0.237 e. The molecule has 1 aromatic carbocycles. The number of thioether (sulfide) groups is 1. The third-order valence-electron chi connectivity index (χ3n) is 6.15. The van der Waals surface area contributed by atoms with Crippen LogP contribution in [0.25, 0.3) is 5.69 Å². The standard InChI is InChI=1S/C24H32FN5OS/c1-2-29(20-9-5-3-6-10-20)23(31)18-32-24-27-26-22(17-28-15-7-4-8-16-28)30(24)21-13-11-19(25)12-14-21/h9,11-14H,2-8,10,15-18H2,1H3. The molecule has 0 atom stereocenters. The van der Waals surface area contributed by atoms with Crippen LogP contribution in [0.1, 0.15) is 57.7 Å². The van der Waals surface area contributed by atoms with Crippen molar-refractivity contribution >= 4 is 17.7 Å². The molecule has 1 fully saturated rings. The lowest BCUT2D eigenvalue weighted by Gasteiger charge is -2.26. The molecule has 1 aliphatic heterocycles. The van der Waals surface area contributed by atoms with E-state index < -0.39 is 0 Å². The van der Waals surface area contributed by atoms with E-state index >= 15 is 0 Å². The zero-order chi connectivity index (χ0) is 22.3. The summed E-state index contributed by atoms with van der Waals surface area (Å²) < 4.78 is 15.5. The summed E-state index contributed by atoms with van der Waals surface area (Å²) in [5, 5.41) is 9.55. The molecule has 2 heterocycles. The van der Waals surface area contributed by atoms with E-state index in [0.29, 0.717) is 24.0 Å². The maximum atomic E-state index is 13.6. The average molecular weight is 458 g/mol. The first-order valence-corrected chi connectivity index (χ1v) is 12.7. The maximum Gasteiger partial charge on any atom is 0.237 e. The number of likely N-dealkylation sites (tertiary alicyclic amines) is 1. The van der Waals surface area contributed by atoms with E-state index in [0.717, 1.165) is 49.6 Å². The molecule has 0 unspecified atom stereocenters. The van der Waals surface area contributed by atoms with Crippen molar-refractivity contribution in [3.8, 4) is 5.69 Å². The van der Waals surface area contributed by atoms with E-state index in [1.807, 2.05) is 16.4 Å². The van der Waals surface area contributed by atoms with E-state index in [2.05, 4.69) is 21.2 Å². The lowest BCUT2D eigenvalue weighted by atomic mass is 10.0. The van der Waals surface area contributed by atoms with Gasteiger partial charge in [0.2, 0.25) is 5.91 Å². The highest BCUT2D eigenvalue weighted by molar-refractivity contribution is 7.99. The highest BCUT2D eigenvalue weighted by Gasteiger charge is 2.22. The number of allylic oxidation sites excluding steroid dienone is 2. The Bertz CT molecular complexity index is 936. The molecule has 4 rings (SSSR count). The quantitative estimate of drug-likeness (QED) is 0.534. The van der Waals surface area contributed by atoms with E-state index in [1.165, 1.54) is 49.6 Å². The molecular weight excluding hydrogens is 425 g/mol. The molecule has 0 bridgehead atoms. The number of carbonyl (C=O) groups excluding carboxylic acids is 1. The van der Waals surface area contributed by atoms with Crippen LogP contribution >= 0.6 is 11.8 Å². The minimum absolute atomic E-state index is 0.0943. The molecule has 2 aliphatic rings. The Morgan fingerprint density at radius 3 is 2.56 bits per heavy atom. The predicted octanol–water partition coefficient (Wildman–Crippen LogP) is 4.79. The SMILES string of the molecule is CCN(C(=O)CSc1nnc(CN2CCCCC2)n1-c1ccc(F)cc1)C1=CCCCC1. The fourth-order valence-corrected chi connectivity index (χ4v) is 5.32. The van der Waals surface area contributed by atoms with Gasteiger partial charge in [-0.1, -0.05) is 24.3 Å². The van der Waals surface area contributed by atoms with Crippen molar-refractivity contribution in [2.75, 3.05) is 25.4 Å². The Labute approximate surface area is 193 Å². The Morgan fingerprint density at radius 1 is 1.09 bits per heavy atom. The van der Waals surface area contributed by atoms with Crippen molar-refractivity contribution in [3.05, 3.63) is 47.7 Å². The van der Waals surface area contributed by atoms with E-state index in [4.69, 9.17) is 0 Å². The molecule has 6 nitrogen and oxygen atoms in total. The summed E-state index contributed by atoms with van der Waals surface area (Å²) in [5.74, 6) is 0.949. The third kappa shape index (κ3) is 5.59. The molecular formula is C24H32FN5OS. The summed E-state index contributed by atoms with van der Waals surface area (Å²) in [6.45, 7) is 5.51. The maximum absolute atomic E-state index is 13.6. The fourth-order valence-electron chi connectivity index (χ4n) is 4.47. The topological polar surface area (TPSA) is 54.3 Å². The van der Waals surface area contributed by atoms with Crippen LogP contribution in [-0.2, 0) is 11.3 Å². The van der Waals surface area contributed by atoms with Gasteiger partial charge < -0.3 is 4.90 Å². The molecule has 2 aromatic rings. The predicted molar refractivity (Wildman–Crippen MR) is 125 cm³/mol. The molecule has 0 radical (unpaired) electrons. The van der Waals surface area contributed by atoms with Gasteiger partial charge in [-0.15, -0.1) is 10.2 Å². The number of hydrogen-bond acceptors (Lipinski definition) is 5. The number of benzene rings is 1. The molecule has 1 aliphatic carbocycles. The Morgan fingerprint density at radius 2 is 1.88 bits per heavy atom. The van der Waals surface area contributed by atoms with E-state index in [1.54, 1.807) is 12.1 Å². The Balaban J connectivity index is 1.52. The number of rotatable bonds is 8. The van der Waals surface area contributed by atoms with Crippen LogP contribution in [0.15, 0.2) is 41.2 Å². The molecule has 1 aromatic heterocycles. The van der Waals surface area contributed by atoms with Crippen LogP contribution in [0.4, 0.5) is 4.39 Å². The number of piperidine rings is 1. The van der Waals surface area contributed by atoms with Crippen LogP contribution in [0.3, 0.4) is 0 Å². The van der Waals surface area contributed by atoms with Gasteiger partial charge in [-0.05, 0) is 82.8 Å². The first kappa shape index (κ1) is 23.0. The number of amides is 1. The second-order valence-corrected chi connectivity index (χ2v) is 9.36. The number of nitrogens with zero attached hydrogens (tertiary/aromatic N) is 5. The highest BCUT2D eigenvalue weighted by Crippen LogP contribution is 2.26. The molecule has 0 spiro atoms. The summed E-state index contributed by atoms with van der Waals surface area (Å²) in [4.78, 5) is 17.3. The van der Waals surface area contributed by atoms with Crippen molar-refractivity contribution in [3.63, 3.8) is 0 Å². The number of halogens is 1. The molecule has 0 N–H and O–H groups in total. The van der Waals surface area contributed by atoms with Crippen LogP contribution in [0.2, 0.25) is 0 Å². The van der Waals surface area contributed by atoms with E-state index in [9.17, 15) is 9.18 Å². The van der Waals surface area contributed by atoms with Gasteiger partial charge in [0.1, 0.15) is 5.82 Å². The normalized spacial score (nSPS) is 17.2. The second-order valence-electron chi connectivity index (χ2n) is 8.42. The first-order chi connectivity index (χ1) is 15.7. The van der Waals surface area contributed by atoms with Crippen LogP contribution in [0, 0.1) is 5.82 Å². The summed E-state index contributed by atoms with van der Waals surface area (Å²) in [5.41, 5.74) is 1.97. The van der Waals surface area contributed by atoms with Gasteiger partial charge in [-0.2, -0.15) is 0 Å². The minimum atomic E-state index is -0.275. The van der Waals surface area contributed by atoms with Gasteiger partial charge in [-0.25, -0.2) is 4.39 Å². The zero-order valence-corrected chi connectivity index (χ0v) is 19.6. The molecule has 172 valence electrons. The Kier molecular flexibility index (Phi) is 7.97. The largest absolute Gasteiger partial charge is 0.316 e. The second kappa shape index (κ2) is 11.1. The third-order valence-corrected chi connectivity index (χ3v) is 7.07. The number of carbonyl (C=O) groups is 1. The number of aromatic nitrogens is 3. The fraction of sp³-hybridized carbons (Fsp3) is 0.542. The Hall–Kier alpha value is -2.19. The van der Waals surface area contributed by atoms with E-state index in [-0.39, 0.29) is 11.7 Å². The molecule has 8 heteroatoms. The van der Waals surface area contributed by atoms with Gasteiger partial charge in [0.05, 0.1) is 12.3 Å². The van der Waals surface area contributed by atoms with Gasteiger partial charge in [0.15, 0.2) is 11.0 Å². The minimum Gasteiger partial charge on any atom is -0.316 e. The van der Waals surface area contributed by atoms with Crippen molar-refractivity contribution in [2.24, 2.45) is 0 Å². The van der Waals surface area contributed by atoms with Crippen molar-refractivity contribution < 1.29 is 9.18 Å². The summed E-state index contributed by atoms with van der Waals surface area (Å²) in [6.07, 6.45) is 10.2. The number of hydrogen-bond donors (Lipinski definition) is 0. The lowest BCUT2D eigenvalue weighted by Crippen LogP contribution is -2.32. The molecule has 1 amide bonds. The van der Waals surface area contributed by atoms with Crippen molar-refractivity contribution in [1.82, 2.24) is 24.6 Å². The van der Waals surface area contributed by atoms with Crippen LogP contribution < -0.4 is 0 Å². The highest BCUT2D eigenvalue weighted by atomic mass is 32.2. The monoisotopic (exact) mass is 457 g/mol. The van der Waals surface area contributed by atoms with Gasteiger partial charge >= 0.3 is 0 Å². The average Bonchev–Trinajstić information content (AvgIpc) is 3.22.